The summed E-state index contributed by atoms with van der Waals surface area (Å²) in [5.41, 5.74) is 9.26. The Hall–Kier alpha value is -0.470. The van der Waals surface area contributed by atoms with Gasteiger partial charge in [0.1, 0.15) is 0 Å². The van der Waals surface area contributed by atoms with Gasteiger partial charge in [-0.3, -0.25) is 0 Å². The molecule has 2 aliphatic carbocycles. The monoisotopic (exact) mass is 233 g/mol. The quantitative estimate of drug-likeness (QED) is 0.809. The van der Waals surface area contributed by atoms with Gasteiger partial charge in [-0.2, -0.15) is 0 Å². The maximum absolute atomic E-state index is 6.12. The van der Waals surface area contributed by atoms with Gasteiger partial charge in [0, 0.05) is 16.7 Å². The van der Waals surface area contributed by atoms with Crippen LogP contribution in [0.4, 0.5) is 0 Å². The molecule has 16 heavy (non-hydrogen) atoms. The predicted molar refractivity (Wildman–Crippen MR) is 69.9 cm³/mol. The van der Waals surface area contributed by atoms with Crippen LogP contribution in [0.3, 0.4) is 0 Å². The maximum Gasteiger partial charge on any atom is 0.0162 e. The van der Waals surface area contributed by atoms with Crippen molar-refractivity contribution >= 4 is 11.8 Å². The highest BCUT2D eigenvalue weighted by atomic mass is 32.2. The van der Waals surface area contributed by atoms with Crippen LogP contribution in [0.25, 0.3) is 0 Å². The van der Waals surface area contributed by atoms with E-state index in [-0.39, 0.29) is 0 Å². The maximum atomic E-state index is 6.12. The Morgan fingerprint density at radius 3 is 2.88 bits per heavy atom. The predicted octanol–water partition coefficient (Wildman–Crippen LogP) is 3.00. The van der Waals surface area contributed by atoms with E-state index in [1.165, 1.54) is 37.0 Å². The molecule has 2 aliphatic rings. The molecule has 0 amide bonds. The molecule has 0 heterocycles. The largest absolute Gasteiger partial charge is 0.327 e. The van der Waals surface area contributed by atoms with Crippen LogP contribution < -0.4 is 5.73 Å². The van der Waals surface area contributed by atoms with Crippen LogP contribution in [0.2, 0.25) is 0 Å². The standard InChI is InChI=1S/C14H19NS/c15-14(11-4-5-11)9-16-13-7-6-10-2-1-3-12(10)8-13/h6-8,11,14H,1-5,9,15H2. The van der Waals surface area contributed by atoms with Crippen LogP contribution in [0.15, 0.2) is 23.1 Å². The van der Waals surface area contributed by atoms with Crippen LogP contribution in [-0.4, -0.2) is 11.8 Å². The first kappa shape index (κ1) is 10.7. The number of fused-ring (bicyclic) bond motifs is 1. The molecular formula is C14H19NS. The minimum Gasteiger partial charge on any atom is -0.327 e. The first-order valence-corrected chi connectivity index (χ1v) is 7.31. The molecule has 0 aromatic heterocycles. The molecule has 0 spiro atoms. The van der Waals surface area contributed by atoms with Crippen molar-refractivity contribution in [2.75, 3.05) is 5.75 Å². The highest BCUT2D eigenvalue weighted by Gasteiger charge is 2.28. The number of hydrogen-bond acceptors (Lipinski definition) is 2. The van der Waals surface area contributed by atoms with Gasteiger partial charge >= 0.3 is 0 Å². The van der Waals surface area contributed by atoms with Crippen molar-refractivity contribution in [3.8, 4) is 0 Å². The van der Waals surface area contributed by atoms with E-state index in [2.05, 4.69) is 18.2 Å². The summed E-state index contributed by atoms with van der Waals surface area (Å²) < 4.78 is 0. The van der Waals surface area contributed by atoms with Crippen molar-refractivity contribution in [2.24, 2.45) is 11.7 Å². The fourth-order valence-corrected chi connectivity index (χ4v) is 3.54. The van der Waals surface area contributed by atoms with E-state index in [4.69, 9.17) is 5.73 Å². The molecule has 0 radical (unpaired) electrons. The topological polar surface area (TPSA) is 26.0 Å². The summed E-state index contributed by atoms with van der Waals surface area (Å²) in [6.45, 7) is 0. The van der Waals surface area contributed by atoms with Gasteiger partial charge in [0.15, 0.2) is 0 Å². The number of hydrogen-bond donors (Lipinski definition) is 1. The Labute approximate surface area is 102 Å². The first-order chi connectivity index (χ1) is 7.83. The third kappa shape index (κ3) is 2.28. The Morgan fingerprint density at radius 1 is 1.25 bits per heavy atom. The summed E-state index contributed by atoms with van der Waals surface area (Å²) in [6, 6.07) is 7.38. The highest BCUT2D eigenvalue weighted by Crippen LogP contribution is 2.34. The van der Waals surface area contributed by atoms with Gasteiger partial charge in [0.2, 0.25) is 0 Å². The van der Waals surface area contributed by atoms with Gasteiger partial charge in [-0.05, 0) is 61.3 Å². The van der Waals surface area contributed by atoms with E-state index in [0.717, 1.165) is 11.7 Å². The van der Waals surface area contributed by atoms with Crippen molar-refractivity contribution in [1.82, 2.24) is 0 Å². The lowest BCUT2D eigenvalue weighted by Crippen LogP contribution is -2.24. The average Bonchev–Trinajstić information content (AvgIpc) is 3.04. The van der Waals surface area contributed by atoms with E-state index >= 15 is 0 Å². The van der Waals surface area contributed by atoms with Gasteiger partial charge in [0.05, 0.1) is 0 Å². The molecule has 1 saturated carbocycles. The molecule has 1 fully saturated rings. The van der Waals surface area contributed by atoms with Crippen molar-refractivity contribution in [3.05, 3.63) is 29.3 Å². The number of rotatable bonds is 4. The van der Waals surface area contributed by atoms with Crippen molar-refractivity contribution in [1.29, 1.82) is 0 Å². The SMILES string of the molecule is NC(CSc1ccc2c(c1)CCC2)C1CC1. The smallest absolute Gasteiger partial charge is 0.0162 e. The molecule has 86 valence electrons. The molecule has 2 N–H and O–H groups in total. The van der Waals surface area contributed by atoms with E-state index < -0.39 is 0 Å². The lowest BCUT2D eigenvalue weighted by Gasteiger charge is -2.10. The van der Waals surface area contributed by atoms with Gasteiger partial charge in [0.25, 0.3) is 0 Å². The van der Waals surface area contributed by atoms with Crippen molar-refractivity contribution in [2.45, 2.75) is 43.0 Å². The normalized spacial score (nSPS) is 20.8. The number of aryl methyl sites for hydroxylation is 2. The molecule has 1 aromatic rings. The van der Waals surface area contributed by atoms with Gasteiger partial charge in [-0.25, -0.2) is 0 Å². The second kappa shape index (κ2) is 4.42. The third-order valence-corrected chi connectivity index (χ3v) is 4.88. The van der Waals surface area contributed by atoms with Gasteiger partial charge in [-0.1, -0.05) is 6.07 Å². The zero-order chi connectivity index (χ0) is 11.0. The molecule has 0 aliphatic heterocycles. The van der Waals surface area contributed by atoms with E-state index in [9.17, 15) is 0 Å². The molecule has 3 rings (SSSR count). The molecule has 0 saturated heterocycles. The molecule has 2 heteroatoms. The Kier molecular flexibility index (Phi) is 2.95. The third-order valence-electron chi connectivity index (χ3n) is 3.74. The van der Waals surface area contributed by atoms with Crippen LogP contribution in [0, 0.1) is 5.92 Å². The zero-order valence-corrected chi connectivity index (χ0v) is 10.4. The van der Waals surface area contributed by atoms with Crippen LogP contribution in [0.5, 0.6) is 0 Å². The Balaban J connectivity index is 1.61. The van der Waals surface area contributed by atoms with Gasteiger partial charge < -0.3 is 5.73 Å². The van der Waals surface area contributed by atoms with Crippen molar-refractivity contribution in [3.63, 3.8) is 0 Å². The van der Waals surface area contributed by atoms with Crippen LogP contribution in [-0.2, 0) is 12.8 Å². The highest BCUT2D eigenvalue weighted by molar-refractivity contribution is 7.99. The first-order valence-electron chi connectivity index (χ1n) is 6.33. The Morgan fingerprint density at radius 2 is 2.06 bits per heavy atom. The average molecular weight is 233 g/mol. The van der Waals surface area contributed by atoms with E-state index in [1.807, 2.05) is 11.8 Å². The molecule has 1 unspecified atom stereocenters. The second-order valence-corrected chi connectivity index (χ2v) is 6.19. The molecule has 0 bridgehead atoms. The van der Waals surface area contributed by atoms with Gasteiger partial charge in [-0.15, -0.1) is 11.8 Å². The fraction of sp³-hybridized carbons (Fsp3) is 0.571. The second-order valence-electron chi connectivity index (χ2n) is 5.10. The van der Waals surface area contributed by atoms with Crippen molar-refractivity contribution < 1.29 is 0 Å². The summed E-state index contributed by atoms with van der Waals surface area (Å²) in [5.74, 6) is 1.91. The van der Waals surface area contributed by atoms with Crippen LogP contribution >= 0.6 is 11.8 Å². The molecule has 1 nitrogen and oxygen atoms in total. The van der Waals surface area contributed by atoms with E-state index in [1.54, 1.807) is 11.1 Å². The zero-order valence-electron chi connectivity index (χ0n) is 9.61. The summed E-state index contributed by atoms with van der Waals surface area (Å²) in [5, 5.41) is 0. The lowest BCUT2D eigenvalue weighted by atomic mass is 10.1. The minimum atomic E-state index is 0.415. The number of nitrogens with two attached hydrogens (primary N) is 1. The lowest BCUT2D eigenvalue weighted by molar-refractivity contribution is 0.659. The number of benzene rings is 1. The molecule has 1 atom stereocenters. The molecule has 1 aromatic carbocycles. The number of thioether (sulfide) groups is 1. The summed E-state index contributed by atoms with van der Waals surface area (Å²) >= 11 is 1.94. The molecular weight excluding hydrogens is 214 g/mol. The van der Waals surface area contributed by atoms with Crippen LogP contribution in [0.1, 0.15) is 30.4 Å². The summed E-state index contributed by atoms with van der Waals surface area (Å²) in [6.07, 6.45) is 6.60. The summed E-state index contributed by atoms with van der Waals surface area (Å²) in [4.78, 5) is 1.41. The fourth-order valence-electron chi connectivity index (χ4n) is 2.49. The van der Waals surface area contributed by atoms with E-state index in [0.29, 0.717) is 6.04 Å². The summed E-state index contributed by atoms with van der Waals surface area (Å²) in [7, 11) is 0. The Bertz CT molecular complexity index is 384. The minimum absolute atomic E-state index is 0.415.